The summed E-state index contributed by atoms with van der Waals surface area (Å²) in [6.07, 6.45) is 1.49. The van der Waals surface area contributed by atoms with Gasteiger partial charge >= 0.3 is 0 Å². The third kappa shape index (κ3) is 2.42. The van der Waals surface area contributed by atoms with Crippen molar-refractivity contribution in [2.75, 3.05) is 0 Å². The van der Waals surface area contributed by atoms with Crippen LogP contribution in [0.4, 0.5) is 5.69 Å². The van der Waals surface area contributed by atoms with E-state index in [2.05, 4.69) is 15.0 Å². The molecule has 1 aromatic heterocycles. The van der Waals surface area contributed by atoms with Crippen LogP contribution in [0.15, 0.2) is 64.4 Å². The molecule has 19 heavy (non-hydrogen) atoms. The number of nitrogens with zero attached hydrogens (tertiary/aromatic N) is 2. The highest BCUT2D eigenvalue weighted by Crippen LogP contribution is 2.09. The third-order valence-electron chi connectivity index (χ3n) is 2.72. The average molecular weight is 249 g/mol. The Labute approximate surface area is 109 Å². The van der Waals surface area contributed by atoms with Crippen LogP contribution in [-0.4, -0.2) is 16.2 Å². The molecule has 0 aliphatic heterocycles. The highest BCUT2D eigenvalue weighted by atomic mass is 16.1. The Morgan fingerprint density at radius 1 is 1.00 bits per heavy atom. The number of aromatic nitrogens is 2. The second kappa shape index (κ2) is 4.86. The van der Waals surface area contributed by atoms with E-state index in [4.69, 9.17) is 0 Å². The fourth-order valence-corrected chi connectivity index (χ4v) is 1.78. The van der Waals surface area contributed by atoms with Crippen LogP contribution in [0, 0.1) is 0 Å². The average Bonchev–Trinajstić information content (AvgIpc) is 2.46. The first-order valence-electron chi connectivity index (χ1n) is 5.91. The smallest absolute Gasteiger partial charge is 0.275 e. The van der Waals surface area contributed by atoms with E-state index in [1.807, 2.05) is 54.6 Å². The molecule has 0 aliphatic carbocycles. The second-order valence-corrected chi connectivity index (χ2v) is 4.06. The van der Waals surface area contributed by atoms with Crippen LogP contribution in [0.3, 0.4) is 0 Å². The predicted octanol–water partition coefficient (Wildman–Crippen LogP) is 2.67. The largest absolute Gasteiger partial charge is 0.319 e. The van der Waals surface area contributed by atoms with Crippen LogP contribution in [0.5, 0.6) is 0 Å². The number of para-hydroxylation sites is 3. The fraction of sp³-hybridized carbons (Fsp3) is 0. The molecule has 0 spiro atoms. The summed E-state index contributed by atoms with van der Waals surface area (Å²) in [5.41, 5.74) is 2.33. The van der Waals surface area contributed by atoms with E-state index in [0.717, 1.165) is 16.7 Å². The van der Waals surface area contributed by atoms with Crippen LogP contribution < -0.4 is 5.56 Å². The van der Waals surface area contributed by atoms with Crippen molar-refractivity contribution in [2.45, 2.75) is 0 Å². The lowest BCUT2D eigenvalue weighted by molar-refractivity contribution is 1.20. The number of hydrogen-bond acceptors (Lipinski definition) is 3. The molecule has 0 amide bonds. The molecule has 0 radical (unpaired) electrons. The van der Waals surface area contributed by atoms with Gasteiger partial charge in [0, 0.05) is 0 Å². The van der Waals surface area contributed by atoms with E-state index in [1.165, 1.54) is 6.21 Å². The van der Waals surface area contributed by atoms with Gasteiger partial charge in [0.15, 0.2) is 0 Å². The van der Waals surface area contributed by atoms with Crippen LogP contribution in [-0.2, 0) is 0 Å². The third-order valence-corrected chi connectivity index (χ3v) is 2.72. The van der Waals surface area contributed by atoms with Crippen LogP contribution in [0.1, 0.15) is 5.69 Å². The molecule has 3 rings (SSSR count). The van der Waals surface area contributed by atoms with Crippen molar-refractivity contribution in [3.8, 4) is 0 Å². The van der Waals surface area contributed by atoms with E-state index in [-0.39, 0.29) is 5.56 Å². The van der Waals surface area contributed by atoms with Crippen molar-refractivity contribution in [3.05, 3.63) is 70.6 Å². The van der Waals surface area contributed by atoms with Gasteiger partial charge in [-0.25, -0.2) is 4.98 Å². The van der Waals surface area contributed by atoms with Crippen molar-refractivity contribution >= 4 is 22.9 Å². The number of nitrogens with one attached hydrogen (secondary N) is 1. The molecular weight excluding hydrogens is 238 g/mol. The summed E-state index contributed by atoms with van der Waals surface area (Å²) in [6, 6.07) is 16.9. The summed E-state index contributed by atoms with van der Waals surface area (Å²) in [4.78, 5) is 23.2. The number of fused-ring (bicyclic) bond motifs is 1. The summed E-state index contributed by atoms with van der Waals surface area (Å²) in [7, 11) is 0. The van der Waals surface area contributed by atoms with Gasteiger partial charge in [0.25, 0.3) is 5.56 Å². The fourth-order valence-electron chi connectivity index (χ4n) is 1.78. The molecule has 0 saturated heterocycles. The van der Waals surface area contributed by atoms with E-state index >= 15 is 0 Å². The molecule has 2 aromatic carbocycles. The Bertz CT molecular complexity index is 791. The summed E-state index contributed by atoms with van der Waals surface area (Å²) in [5, 5.41) is 0. The van der Waals surface area contributed by atoms with Gasteiger partial charge in [-0.2, -0.15) is 0 Å². The SMILES string of the molecule is O=c1[nH]c2ccccc2nc1C=Nc1ccccc1. The van der Waals surface area contributed by atoms with E-state index < -0.39 is 0 Å². The molecular formula is C15H11N3O. The number of aliphatic imine (C=N–C) groups is 1. The first-order chi connectivity index (χ1) is 9.33. The maximum absolute atomic E-state index is 11.8. The van der Waals surface area contributed by atoms with Gasteiger partial charge in [0.05, 0.1) is 22.9 Å². The Balaban J connectivity index is 2.04. The zero-order valence-electron chi connectivity index (χ0n) is 10.1. The Kier molecular flexibility index (Phi) is 2.90. The number of aromatic amines is 1. The van der Waals surface area contributed by atoms with Crippen LogP contribution >= 0.6 is 0 Å². The second-order valence-electron chi connectivity index (χ2n) is 4.06. The van der Waals surface area contributed by atoms with Gasteiger partial charge in [0.1, 0.15) is 5.69 Å². The normalized spacial score (nSPS) is 11.2. The quantitative estimate of drug-likeness (QED) is 0.710. The first-order valence-corrected chi connectivity index (χ1v) is 5.91. The van der Waals surface area contributed by atoms with E-state index in [1.54, 1.807) is 0 Å². The van der Waals surface area contributed by atoms with E-state index in [0.29, 0.717) is 5.69 Å². The lowest BCUT2D eigenvalue weighted by Gasteiger charge is -1.98. The number of rotatable bonds is 2. The maximum atomic E-state index is 11.8. The van der Waals surface area contributed by atoms with Gasteiger partial charge in [-0.15, -0.1) is 0 Å². The summed E-state index contributed by atoms with van der Waals surface area (Å²) in [5.74, 6) is 0. The van der Waals surface area contributed by atoms with Gasteiger partial charge in [-0.05, 0) is 24.3 Å². The number of benzene rings is 2. The molecule has 4 heteroatoms. The molecule has 92 valence electrons. The van der Waals surface area contributed by atoms with E-state index in [9.17, 15) is 4.79 Å². The summed E-state index contributed by atoms with van der Waals surface area (Å²) >= 11 is 0. The van der Waals surface area contributed by atoms with Gasteiger partial charge in [0.2, 0.25) is 0 Å². The summed E-state index contributed by atoms with van der Waals surface area (Å²) < 4.78 is 0. The van der Waals surface area contributed by atoms with Crippen LogP contribution in [0.25, 0.3) is 11.0 Å². The molecule has 4 nitrogen and oxygen atoms in total. The summed E-state index contributed by atoms with van der Waals surface area (Å²) in [6.45, 7) is 0. The lowest BCUT2D eigenvalue weighted by Crippen LogP contribution is -2.14. The zero-order chi connectivity index (χ0) is 13.1. The highest BCUT2D eigenvalue weighted by molar-refractivity contribution is 5.83. The molecule has 0 saturated carbocycles. The van der Waals surface area contributed by atoms with Gasteiger partial charge < -0.3 is 4.98 Å². The molecule has 1 heterocycles. The minimum Gasteiger partial charge on any atom is -0.319 e. The zero-order valence-corrected chi connectivity index (χ0v) is 10.1. The highest BCUT2D eigenvalue weighted by Gasteiger charge is 2.01. The van der Waals surface area contributed by atoms with Crippen molar-refractivity contribution in [3.63, 3.8) is 0 Å². The monoisotopic (exact) mass is 249 g/mol. The molecule has 0 aliphatic rings. The van der Waals surface area contributed by atoms with Crippen molar-refractivity contribution in [1.29, 1.82) is 0 Å². The van der Waals surface area contributed by atoms with Crippen molar-refractivity contribution < 1.29 is 0 Å². The molecule has 1 N–H and O–H groups in total. The number of H-pyrrole nitrogens is 1. The Hall–Kier alpha value is -2.75. The Morgan fingerprint density at radius 2 is 1.74 bits per heavy atom. The Morgan fingerprint density at radius 3 is 2.58 bits per heavy atom. The molecule has 0 unspecified atom stereocenters. The van der Waals surface area contributed by atoms with Gasteiger partial charge in [-0.3, -0.25) is 9.79 Å². The predicted molar refractivity (Wildman–Crippen MR) is 76.1 cm³/mol. The topological polar surface area (TPSA) is 58.1 Å². The van der Waals surface area contributed by atoms with Gasteiger partial charge in [-0.1, -0.05) is 30.3 Å². The van der Waals surface area contributed by atoms with Crippen molar-refractivity contribution in [1.82, 2.24) is 9.97 Å². The first kappa shape index (κ1) is 11.3. The molecule has 0 fully saturated rings. The minimum absolute atomic E-state index is 0.238. The maximum Gasteiger partial charge on any atom is 0.275 e. The van der Waals surface area contributed by atoms with Crippen LogP contribution in [0.2, 0.25) is 0 Å². The minimum atomic E-state index is -0.238. The lowest BCUT2D eigenvalue weighted by atomic mass is 10.3. The molecule has 0 bridgehead atoms. The standard InChI is InChI=1S/C15H11N3O/c19-15-14(10-16-11-6-2-1-3-7-11)17-12-8-4-5-9-13(12)18-15/h1-10H,(H,18,19). The number of hydrogen-bond donors (Lipinski definition) is 1. The molecule has 0 atom stereocenters. The van der Waals surface area contributed by atoms with Crippen molar-refractivity contribution in [2.24, 2.45) is 4.99 Å². The molecule has 3 aromatic rings.